The number of hydrogen-bond donors (Lipinski definition) is 0. The second-order valence-corrected chi connectivity index (χ2v) is 8.44. The molecule has 4 nitrogen and oxygen atoms in total. The fourth-order valence-electron chi connectivity index (χ4n) is 4.28. The molecule has 4 heteroatoms. The Morgan fingerprint density at radius 1 is 0.750 bits per heavy atom. The van der Waals surface area contributed by atoms with Crippen molar-refractivity contribution >= 4 is 5.69 Å². The van der Waals surface area contributed by atoms with Gasteiger partial charge in [-0.1, -0.05) is 48.7 Å². The molecule has 0 radical (unpaired) electrons. The van der Waals surface area contributed by atoms with Gasteiger partial charge in [-0.05, 0) is 61.6 Å². The predicted octanol–water partition coefficient (Wildman–Crippen LogP) is 6.89. The van der Waals surface area contributed by atoms with Crippen molar-refractivity contribution in [2.24, 2.45) is 0 Å². The predicted molar refractivity (Wildman–Crippen MR) is 128 cm³/mol. The lowest BCUT2D eigenvalue weighted by Gasteiger charge is -2.26. The second kappa shape index (κ2) is 9.58. The molecule has 160 valence electrons. The lowest BCUT2D eigenvalue weighted by molar-refractivity contribution is 0.477. The van der Waals surface area contributed by atoms with Crippen LogP contribution in [0.15, 0.2) is 54.6 Å². The monoisotopic (exact) mass is 421 g/mol. The van der Waals surface area contributed by atoms with Gasteiger partial charge in [-0.3, -0.25) is 0 Å². The van der Waals surface area contributed by atoms with Crippen LogP contribution in [0.2, 0.25) is 0 Å². The molecule has 0 unspecified atom stereocenters. The zero-order valence-electron chi connectivity index (χ0n) is 18.7. The Morgan fingerprint density at radius 2 is 1.44 bits per heavy atom. The van der Waals surface area contributed by atoms with Crippen LogP contribution in [0.3, 0.4) is 0 Å². The van der Waals surface area contributed by atoms with Gasteiger partial charge in [0, 0.05) is 19.2 Å². The van der Waals surface area contributed by atoms with Crippen LogP contribution in [-0.2, 0) is 0 Å². The number of anilines is 1. The maximum absolute atomic E-state index is 9.56. The van der Waals surface area contributed by atoms with Gasteiger partial charge in [-0.25, -0.2) is 0 Å². The van der Waals surface area contributed by atoms with Gasteiger partial charge in [0.2, 0.25) is 0 Å². The Balaban J connectivity index is 1.71. The Labute approximate surface area is 190 Å². The van der Waals surface area contributed by atoms with Gasteiger partial charge in [-0.15, -0.1) is 0 Å². The highest BCUT2D eigenvalue weighted by molar-refractivity contribution is 5.69. The highest BCUT2D eigenvalue weighted by atomic mass is 16.5. The number of nitrogens with zero attached hydrogens (tertiary/aromatic N) is 3. The molecule has 1 fully saturated rings. The van der Waals surface area contributed by atoms with Gasteiger partial charge in [0.05, 0.1) is 16.8 Å². The third-order valence-corrected chi connectivity index (χ3v) is 6.03. The molecule has 0 spiro atoms. The summed E-state index contributed by atoms with van der Waals surface area (Å²) in [6.07, 6.45) is 4.66. The molecule has 1 heterocycles. The van der Waals surface area contributed by atoms with Gasteiger partial charge in [0.15, 0.2) is 5.75 Å². The fourth-order valence-corrected chi connectivity index (χ4v) is 4.28. The Bertz CT molecular complexity index is 1210. The molecule has 3 aromatic rings. The van der Waals surface area contributed by atoms with E-state index in [2.05, 4.69) is 60.4 Å². The lowest BCUT2D eigenvalue weighted by atomic mass is 10.0. The zero-order valence-corrected chi connectivity index (χ0v) is 18.7. The molecule has 1 aliphatic heterocycles. The first-order chi connectivity index (χ1) is 15.6. The first-order valence-corrected chi connectivity index (χ1v) is 11.2. The molecule has 0 amide bonds. The van der Waals surface area contributed by atoms with Gasteiger partial charge < -0.3 is 9.64 Å². The molecule has 3 aromatic carbocycles. The second-order valence-electron chi connectivity index (χ2n) is 8.44. The summed E-state index contributed by atoms with van der Waals surface area (Å²) in [6.45, 7) is 5.99. The number of ether oxygens (including phenoxy) is 1. The molecule has 1 saturated heterocycles. The summed E-state index contributed by atoms with van der Waals surface area (Å²) < 4.78 is 6.39. The minimum absolute atomic E-state index is 0.343. The van der Waals surface area contributed by atoms with E-state index in [0.717, 1.165) is 48.5 Å². The van der Waals surface area contributed by atoms with E-state index in [0.29, 0.717) is 16.9 Å². The molecule has 0 saturated carbocycles. The van der Waals surface area contributed by atoms with E-state index in [4.69, 9.17) is 4.74 Å². The molecule has 4 rings (SSSR count). The molecule has 0 N–H and O–H groups in total. The summed E-state index contributed by atoms with van der Waals surface area (Å²) in [5.41, 5.74) is 6.20. The summed E-state index contributed by atoms with van der Waals surface area (Å²) >= 11 is 0. The van der Waals surface area contributed by atoms with Crippen molar-refractivity contribution in [1.82, 2.24) is 0 Å². The number of nitriles is 2. The number of benzene rings is 3. The molecular weight excluding hydrogens is 394 g/mol. The minimum atomic E-state index is 0.343. The molecular formula is C28H27N3O. The summed E-state index contributed by atoms with van der Waals surface area (Å²) in [5, 5.41) is 19.1. The van der Waals surface area contributed by atoms with Crippen molar-refractivity contribution < 1.29 is 4.74 Å². The van der Waals surface area contributed by atoms with Gasteiger partial charge in [-0.2, -0.15) is 10.5 Å². The quantitative estimate of drug-likeness (QED) is 0.460. The van der Waals surface area contributed by atoms with Crippen molar-refractivity contribution in [1.29, 1.82) is 10.5 Å². The minimum Gasteiger partial charge on any atom is -0.455 e. The normalized spacial score (nSPS) is 13.7. The molecule has 0 aromatic heterocycles. The van der Waals surface area contributed by atoms with E-state index in [-0.39, 0.29) is 0 Å². The maximum Gasteiger partial charge on any atom is 0.152 e. The zero-order chi connectivity index (χ0) is 22.5. The Kier molecular flexibility index (Phi) is 6.43. The number of aryl methyl sites for hydroxylation is 2. The third-order valence-electron chi connectivity index (χ3n) is 6.03. The average molecular weight is 422 g/mol. The van der Waals surface area contributed by atoms with E-state index >= 15 is 0 Å². The van der Waals surface area contributed by atoms with E-state index in [1.165, 1.54) is 24.0 Å². The largest absolute Gasteiger partial charge is 0.455 e. The Morgan fingerprint density at radius 3 is 2.09 bits per heavy atom. The van der Waals surface area contributed by atoms with E-state index in [1.807, 2.05) is 19.1 Å². The van der Waals surface area contributed by atoms with Gasteiger partial charge in [0.25, 0.3) is 0 Å². The van der Waals surface area contributed by atoms with Crippen molar-refractivity contribution in [2.75, 3.05) is 18.0 Å². The molecule has 0 atom stereocenters. The smallest absolute Gasteiger partial charge is 0.152 e. The van der Waals surface area contributed by atoms with Crippen molar-refractivity contribution in [3.8, 4) is 34.8 Å². The van der Waals surface area contributed by atoms with Crippen molar-refractivity contribution in [3.05, 3.63) is 76.9 Å². The number of rotatable bonds is 4. The summed E-state index contributed by atoms with van der Waals surface area (Å²) in [4.78, 5) is 2.29. The molecule has 0 bridgehead atoms. The van der Waals surface area contributed by atoms with Crippen LogP contribution >= 0.6 is 0 Å². The van der Waals surface area contributed by atoms with Crippen molar-refractivity contribution in [3.63, 3.8) is 0 Å². The maximum atomic E-state index is 9.56. The standard InChI is InChI=1S/C28H27N3O/c1-20-8-7-9-22(14-20)23-10-11-27(21(2)15-23)32-28-17-25(19-30)24(18-29)16-26(28)31-12-5-3-4-6-13-31/h7-11,14-17H,3-6,12-13H2,1-2H3. The Hall–Kier alpha value is -3.76. The SMILES string of the molecule is Cc1cccc(-c2ccc(Oc3cc(C#N)c(C#N)cc3N3CCCCCC3)c(C)c2)c1. The van der Waals surface area contributed by atoms with E-state index < -0.39 is 0 Å². The number of hydrogen-bond acceptors (Lipinski definition) is 4. The summed E-state index contributed by atoms with van der Waals surface area (Å²) in [6, 6.07) is 22.5. The first kappa shape index (κ1) is 21.5. The van der Waals surface area contributed by atoms with Crippen LogP contribution in [0.25, 0.3) is 11.1 Å². The summed E-state index contributed by atoms with van der Waals surface area (Å²) in [5.74, 6) is 1.39. The van der Waals surface area contributed by atoms with Crippen LogP contribution in [0, 0.1) is 36.5 Å². The van der Waals surface area contributed by atoms with Gasteiger partial charge >= 0.3 is 0 Å². The van der Waals surface area contributed by atoms with Crippen molar-refractivity contribution in [2.45, 2.75) is 39.5 Å². The topological polar surface area (TPSA) is 60.0 Å². The fraction of sp³-hybridized carbons (Fsp3) is 0.286. The molecule has 32 heavy (non-hydrogen) atoms. The average Bonchev–Trinajstić information content (AvgIpc) is 3.09. The van der Waals surface area contributed by atoms with Crippen LogP contribution < -0.4 is 9.64 Å². The van der Waals surface area contributed by atoms with E-state index in [1.54, 1.807) is 6.07 Å². The summed E-state index contributed by atoms with van der Waals surface area (Å²) in [7, 11) is 0. The van der Waals surface area contributed by atoms with Crippen LogP contribution in [0.1, 0.15) is 47.9 Å². The molecule has 0 aliphatic carbocycles. The third kappa shape index (κ3) is 4.61. The highest BCUT2D eigenvalue weighted by Crippen LogP contribution is 2.38. The van der Waals surface area contributed by atoms with Crippen LogP contribution in [-0.4, -0.2) is 13.1 Å². The van der Waals surface area contributed by atoms with Crippen LogP contribution in [0.4, 0.5) is 5.69 Å². The van der Waals surface area contributed by atoms with Gasteiger partial charge in [0.1, 0.15) is 17.9 Å². The molecule has 1 aliphatic rings. The first-order valence-electron chi connectivity index (χ1n) is 11.2. The lowest BCUT2D eigenvalue weighted by Crippen LogP contribution is -2.24. The van der Waals surface area contributed by atoms with Crippen LogP contribution in [0.5, 0.6) is 11.5 Å². The van der Waals surface area contributed by atoms with E-state index in [9.17, 15) is 10.5 Å². The highest BCUT2D eigenvalue weighted by Gasteiger charge is 2.19.